The summed E-state index contributed by atoms with van der Waals surface area (Å²) in [7, 11) is 0. The first-order chi connectivity index (χ1) is 9.81. The Balaban J connectivity index is 1.51. The van der Waals surface area contributed by atoms with Crippen molar-refractivity contribution in [3.63, 3.8) is 0 Å². The predicted octanol–water partition coefficient (Wildman–Crippen LogP) is 4.23. The molecule has 3 rings (SSSR count). The molecule has 1 saturated carbocycles. The highest BCUT2D eigenvalue weighted by atomic mass is 32.2. The van der Waals surface area contributed by atoms with Gasteiger partial charge in [-0.2, -0.15) is 0 Å². The molecule has 1 N–H and O–H groups in total. The maximum atomic E-state index is 5.75. The van der Waals surface area contributed by atoms with Crippen LogP contribution in [-0.4, -0.2) is 22.8 Å². The van der Waals surface area contributed by atoms with Gasteiger partial charge in [0, 0.05) is 17.8 Å². The molecule has 0 amide bonds. The summed E-state index contributed by atoms with van der Waals surface area (Å²) in [6.45, 7) is 3.25. The molecule has 0 aliphatic heterocycles. The SMILES string of the molecule is CC(CNC1CCCCC1)Sc1nc2ccccc2o1. The lowest BCUT2D eigenvalue weighted by molar-refractivity contribution is 0.375. The maximum Gasteiger partial charge on any atom is 0.257 e. The molecule has 1 unspecified atom stereocenters. The van der Waals surface area contributed by atoms with Crippen molar-refractivity contribution < 1.29 is 4.42 Å². The van der Waals surface area contributed by atoms with E-state index in [0.29, 0.717) is 5.25 Å². The minimum atomic E-state index is 0.477. The molecular formula is C16H22N2OS. The van der Waals surface area contributed by atoms with Crippen LogP contribution in [0.3, 0.4) is 0 Å². The molecule has 1 aliphatic carbocycles. The fourth-order valence-electron chi connectivity index (χ4n) is 2.75. The highest BCUT2D eigenvalue weighted by molar-refractivity contribution is 7.99. The number of hydrogen-bond acceptors (Lipinski definition) is 4. The van der Waals surface area contributed by atoms with Gasteiger partial charge in [0.25, 0.3) is 5.22 Å². The van der Waals surface area contributed by atoms with Gasteiger partial charge in [-0.1, -0.05) is 50.1 Å². The molecule has 0 bridgehead atoms. The van der Waals surface area contributed by atoms with Crippen molar-refractivity contribution in [2.45, 2.75) is 55.5 Å². The van der Waals surface area contributed by atoms with Crippen LogP contribution >= 0.6 is 11.8 Å². The summed E-state index contributed by atoms with van der Waals surface area (Å²) in [4.78, 5) is 4.52. The molecular weight excluding hydrogens is 268 g/mol. The molecule has 2 aromatic rings. The van der Waals surface area contributed by atoms with E-state index in [1.807, 2.05) is 24.3 Å². The molecule has 1 atom stereocenters. The number of para-hydroxylation sites is 2. The van der Waals surface area contributed by atoms with Gasteiger partial charge < -0.3 is 9.73 Å². The van der Waals surface area contributed by atoms with E-state index in [2.05, 4.69) is 17.2 Å². The Morgan fingerprint density at radius 2 is 2.10 bits per heavy atom. The molecule has 0 radical (unpaired) electrons. The molecule has 1 aromatic heterocycles. The van der Waals surface area contributed by atoms with Gasteiger partial charge in [0.15, 0.2) is 5.58 Å². The number of fused-ring (bicyclic) bond motifs is 1. The average molecular weight is 290 g/mol. The van der Waals surface area contributed by atoms with E-state index in [1.165, 1.54) is 32.1 Å². The Morgan fingerprint density at radius 1 is 1.30 bits per heavy atom. The van der Waals surface area contributed by atoms with E-state index in [4.69, 9.17) is 4.42 Å². The summed E-state index contributed by atoms with van der Waals surface area (Å²) in [5.74, 6) is 0. The highest BCUT2D eigenvalue weighted by Crippen LogP contribution is 2.26. The van der Waals surface area contributed by atoms with Gasteiger partial charge in [-0.15, -0.1) is 0 Å². The Labute approximate surface area is 124 Å². The fraction of sp³-hybridized carbons (Fsp3) is 0.562. The van der Waals surface area contributed by atoms with Crippen molar-refractivity contribution in [2.75, 3.05) is 6.54 Å². The van der Waals surface area contributed by atoms with Crippen LogP contribution in [-0.2, 0) is 0 Å². The predicted molar refractivity (Wildman–Crippen MR) is 84.2 cm³/mol. The number of thioether (sulfide) groups is 1. The van der Waals surface area contributed by atoms with Crippen molar-refractivity contribution in [1.29, 1.82) is 0 Å². The third-order valence-electron chi connectivity index (χ3n) is 3.88. The normalized spacial score (nSPS) is 18.4. The Hall–Kier alpha value is -1.00. The van der Waals surface area contributed by atoms with E-state index in [1.54, 1.807) is 11.8 Å². The van der Waals surface area contributed by atoms with Crippen LogP contribution in [0.15, 0.2) is 33.9 Å². The van der Waals surface area contributed by atoms with E-state index in [-0.39, 0.29) is 0 Å². The zero-order chi connectivity index (χ0) is 13.8. The molecule has 1 aromatic carbocycles. The molecule has 1 aliphatic rings. The lowest BCUT2D eigenvalue weighted by Crippen LogP contribution is -2.35. The summed E-state index contributed by atoms with van der Waals surface area (Å²) in [6.07, 6.45) is 6.83. The summed E-state index contributed by atoms with van der Waals surface area (Å²) in [5, 5.41) is 4.94. The Bertz CT molecular complexity index is 515. The van der Waals surface area contributed by atoms with E-state index in [9.17, 15) is 0 Å². The van der Waals surface area contributed by atoms with Gasteiger partial charge in [-0.25, -0.2) is 4.98 Å². The first kappa shape index (κ1) is 14.0. The smallest absolute Gasteiger partial charge is 0.257 e. The van der Waals surface area contributed by atoms with Crippen LogP contribution in [0.2, 0.25) is 0 Å². The number of hydrogen-bond donors (Lipinski definition) is 1. The Morgan fingerprint density at radius 3 is 2.90 bits per heavy atom. The Kier molecular flexibility index (Phi) is 4.63. The molecule has 3 nitrogen and oxygen atoms in total. The minimum absolute atomic E-state index is 0.477. The van der Waals surface area contributed by atoms with Gasteiger partial charge >= 0.3 is 0 Å². The van der Waals surface area contributed by atoms with Gasteiger partial charge in [0.2, 0.25) is 0 Å². The van der Waals surface area contributed by atoms with Crippen LogP contribution in [0.5, 0.6) is 0 Å². The summed E-state index contributed by atoms with van der Waals surface area (Å²) in [6, 6.07) is 8.66. The second-order valence-corrected chi connectivity index (χ2v) is 7.01. The molecule has 4 heteroatoms. The zero-order valence-corrected chi connectivity index (χ0v) is 12.8. The van der Waals surface area contributed by atoms with Crippen LogP contribution in [0.1, 0.15) is 39.0 Å². The molecule has 108 valence electrons. The number of rotatable bonds is 5. The quantitative estimate of drug-likeness (QED) is 0.836. The summed E-state index contributed by atoms with van der Waals surface area (Å²) in [5.41, 5.74) is 1.82. The minimum Gasteiger partial charge on any atom is -0.431 e. The average Bonchev–Trinajstić information content (AvgIpc) is 2.88. The third-order valence-corrected chi connectivity index (χ3v) is 4.82. The molecule has 0 saturated heterocycles. The van der Waals surface area contributed by atoms with Crippen molar-refractivity contribution in [2.24, 2.45) is 0 Å². The van der Waals surface area contributed by atoms with Crippen LogP contribution in [0.25, 0.3) is 11.1 Å². The van der Waals surface area contributed by atoms with Crippen molar-refractivity contribution in [1.82, 2.24) is 10.3 Å². The topological polar surface area (TPSA) is 38.1 Å². The standard InChI is InChI=1S/C16H22N2OS/c1-12(11-17-13-7-3-2-4-8-13)20-16-18-14-9-5-6-10-15(14)19-16/h5-6,9-10,12-13,17H,2-4,7-8,11H2,1H3. The first-order valence-corrected chi connectivity index (χ1v) is 8.45. The van der Waals surface area contributed by atoms with Crippen molar-refractivity contribution >= 4 is 22.9 Å². The monoisotopic (exact) mass is 290 g/mol. The van der Waals surface area contributed by atoms with Gasteiger partial charge in [-0.05, 0) is 25.0 Å². The van der Waals surface area contributed by atoms with Crippen LogP contribution < -0.4 is 5.32 Å². The molecule has 20 heavy (non-hydrogen) atoms. The number of aromatic nitrogens is 1. The zero-order valence-electron chi connectivity index (χ0n) is 12.0. The first-order valence-electron chi connectivity index (χ1n) is 7.57. The van der Waals surface area contributed by atoms with E-state index in [0.717, 1.165) is 28.9 Å². The molecule has 1 fully saturated rings. The number of nitrogens with zero attached hydrogens (tertiary/aromatic N) is 1. The van der Waals surface area contributed by atoms with Gasteiger partial charge in [0.05, 0.1) is 0 Å². The summed E-state index contributed by atoms with van der Waals surface area (Å²) >= 11 is 1.72. The van der Waals surface area contributed by atoms with Crippen molar-refractivity contribution in [3.05, 3.63) is 24.3 Å². The number of benzene rings is 1. The van der Waals surface area contributed by atoms with E-state index >= 15 is 0 Å². The lowest BCUT2D eigenvalue weighted by atomic mass is 9.95. The van der Waals surface area contributed by atoms with Crippen LogP contribution in [0, 0.1) is 0 Å². The van der Waals surface area contributed by atoms with Crippen molar-refractivity contribution in [3.8, 4) is 0 Å². The maximum absolute atomic E-state index is 5.75. The number of oxazole rings is 1. The van der Waals surface area contributed by atoms with Gasteiger partial charge in [-0.3, -0.25) is 0 Å². The van der Waals surface area contributed by atoms with Crippen LogP contribution in [0.4, 0.5) is 0 Å². The van der Waals surface area contributed by atoms with Gasteiger partial charge in [0.1, 0.15) is 5.52 Å². The molecule has 0 spiro atoms. The second-order valence-electron chi connectivity index (χ2n) is 5.62. The largest absolute Gasteiger partial charge is 0.431 e. The molecule has 1 heterocycles. The third kappa shape index (κ3) is 3.55. The lowest BCUT2D eigenvalue weighted by Gasteiger charge is -2.24. The number of nitrogens with one attached hydrogen (secondary N) is 1. The highest BCUT2D eigenvalue weighted by Gasteiger charge is 2.15. The summed E-state index contributed by atoms with van der Waals surface area (Å²) < 4.78 is 5.75. The fourth-order valence-corrected chi connectivity index (χ4v) is 3.57. The van der Waals surface area contributed by atoms with E-state index < -0.39 is 0 Å². The second kappa shape index (κ2) is 6.64.